The molecule has 2 N–H and O–H groups in total. The highest BCUT2D eigenvalue weighted by Crippen LogP contribution is 2.31. The number of fused-ring (bicyclic) bond motifs is 2. The second kappa shape index (κ2) is 14.7. The monoisotopic (exact) mass is 695 g/mol. The normalized spacial score (nSPS) is 19.8. The molecule has 6 aromatic rings. The molecule has 0 bridgehead atoms. The van der Waals surface area contributed by atoms with Gasteiger partial charge in [0.25, 0.3) is 5.69 Å². The van der Waals surface area contributed by atoms with Crippen molar-refractivity contribution in [2.24, 2.45) is 0 Å². The molecule has 244 valence electrons. The zero-order valence-electron chi connectivity index (χ0n) is 45.8. The van der Waals surface area contributed by atoms with E-state index in [0.29, 0.717) is 16.2 Å². The first kappa shape index (κ1) is 15.4. The summed E-state index contributed by atoms with van der Waals surface area (Å²) in [6.45, 7) is -12.1. The van der Waals surface area contributed by atoms with Gasteiger partial charge in [-0.2, -0.15) is 0 Å². The highest BCUT2D eigenvalue weighted by atomic mass is 32.2. The molecule has 12 nitrogen and oxygen atoms in total. The van der Waals surface area contributed by atoms with Crippen LogP contribution in [-0.4, -0.2) is 56.0 Å². The molecule has 47 heavy (non-hydrogen) atoms. The van der Waals surface area contributed by atoms with Gasteiger partial charge in [-0.3, -0.25) is 20.1 Å². The van der Waals surface area contributed by atoms with E-state index in [0.717, 1.165) is 18.9 Å². The number of rotatable bonds is 10. The number of H-pyrrole nitrogens is 2. The van der Waals surface area contributed by atoms with Crippen LogP contribution in [0, 0.1) is 37.5 Å². The minimum absolute atomic E-state index is 0.0262. The van der Waals surface area contributed by atoms with Gasteiger partial charge in [0.1, 0.15) is 17.2 Å². The van der Waals surface area contributed by atoms with Gasteiger partial charge in [0.2, 0.25) is 0 Å². The minimum Gasteiger partial charge on any atom is -0.497 e. The lowest BCUT2D eigenvalue weighted by molar-refractivity contribution is -0.386. The summed E-state index contributed by atoms with van der Waals surface area (Å²) in [5, 5.41) is 12.0. The Morgan fingerprint density at radius 2 is 1.47 bits per heavy atom. The zero-order chi connectivity index (χ0) is 52.2. The van der Waals surface area contributed by atoms with Crippen molar-refractivity contribution in [3.63, 3.8) is 0 Å². The molecule has 0 aliphatic rings. The molecule has 0 radical (unpaired) electrons. The molecule has 0 fully saturated rings. The molecule has 0 atom stereocenters. The van der Waals surface area contributed by atoms with Crippen LogP contribution in [0.4, 0.5) is 5.69 Å². The highest BCUT2D eigenvalue weighted by Gasteiger charge is 2.19. The maximum absolute atomic E-state index is 11.8. The van der Waals surface area contributed by atoms with E-state index in [1.54, 1.807) is 6.07 Å². The Kier molecular flexibility index (Phi) is 4.82. The summed E-state index contributed by atoms with van der Waals surface area (Å²) in [7, 11) is -4.17. The standard InChI is InChI=1S/C17H19N3O2S.C16H16N4O3S/c1-10-8-18-15(11(2)16(10)22-4)9-23-17-19-13-6-5-12(21-3)7-14(13)20-17;1-9-7-17-14(10(2)15(9)20(21)22)8-24-16-18-12-5-4-11(23-3)6-13(12)19-16/h5-8H,9H2,1-4H3,(H,19,20);4-7H,8H2,1-3H3,(H,18,19)/i1D3,2D3,3D3,8D;1D3,2D3,3D3,7D,8D2. The minimum atomic E-state index is -3.36. The van der Waals surface area contributed by atoms with E-state index in [2.05, 4.69) is 29.9 Å². The summed E-state index contributed by atoms with van der Waals surface area (Å²) in [6, 6.07) is 8.49. The van der Waals surface area contributed by atoms with Crippen LogP contribution in [0.5, 0.6) is 17.2 Å². The largest absolute Gasteiger partial charge is 0.497 e. The van der Waals surface area contributed by atoms with Crippen molar-refractivity contribution in [1.29, 1.82) is 0 Å². The number of benzene rings is 2. The van der Waals surface area contributed by atoms with Crippen molar-refractivity contribution in [3.05, 3.63) is 92.5 Å². The molecule has 4 heterocycles. The average molecular weight is 696 g/mol. The topological polar surface area (TPSA) is 154 Å². The molecule has 0 saturated carbocycles. The fraction of sp³-hybridized carbons (Fsp3) is 0.273. The third-order valence-electron chi connectivity index (χ3n) is 6.11. The van der Waals surface area contributed by atoms with E-state index in [1.807, 2.05) is 0 Å². The number of imidazole rings is 2. The predicted octanol–water partition coefficient (Wildman–Crippen LogP) is 7.67. The number of thioether (sulfide) groups is 2. The van der Waals surface area contributed by atoms with E-state index < -0.39 is 98.3 Å². The molecule has 0 aliphatic heterocycles. The van der Waals surface area contributed by atoms with Gasteiger partial charge in [-0.05, 0) is 51.7 Å². The smallest absolute Gasteiger partial charge is 0.278 e. The molecule has 0 unspecified atom stereocenters. The fourth-order valence-corrected chi connectivity index (χ4v) is 5.39. The van der Waals surface area contributed by atoms with Gasteiger partial charge in [0, 0.05) is 77.4 Å². The highest BCUT2D eigenvalue weighted by molar-refractivity contribution is 7.98. The van der Waals surface area contributed by atoms with Crippen molar-refractivity contribution in [2.45, 2.75) is 49.2 Å². The van der Waals surface area contributed by atoms with E-state index >= 15 is 0 Å². The van der Waals surface area contributed by atoms with Gasteiger partial charge in [-0.25, -0.2) is 9.97 Å². The Morgan fingerprint density at radius 1 is 0.851 bits per heavy atom. The maximum Gasteiger partial charge on any atom is 0.278 e. The van der Waals surface area contributed by atoms with E-state index in [-0.39, 0.29) is 56.5 Å². The van der Waals surface area contributed by atoms with E-state index in [9.17, 15) is 10.1 Å². The summed E-state index contributed by atoms with van der Waals surface area (Å²) in [5.74, 6) is -0.360. The second-order valence-corrected chi connectivity index (χ2v) is 10.8. The zero-order valence-corrected chi connectivity index (χ0v) is 25.4. The number of nitro groups is 1. The van der Waals surface area contributed by atoms with Crippen LogP contribution in [-0.2, 0) is 11.5 Å². The molecule has 14 heteroatoms. The van der Waals surface area contributed by atoms with Crippen LogP contribution < -0.4 is 14.2 Å². The third-order valence-corrected chi connectivity index (χ3v) is 7.68. The van der Waals surface area contributed by atoms with Gasteiger partial charge in [0.15, 0.2) is 10.3 Å². The van der Waals surface area contributed by atoms with Gasteiger partial charge >= 0.3 is 0 Å². The summed E-state index contributed by atoms with van der Waals surface area (Å²) in [5.41, 5.74) is -7.18. The Labute approximate surface area is 311 Å². The van der Waals surface area contributed by atoms with E-state index in [4.69, 9.17) is 44.4 Å². The van der Waals surface area contributed by atoms with Crippen molar-refractivity contribution < 1.29 is 49.3 Å². The summed E-state index contributed by atoms with van der Waals surface area (Å²) in [6.07, 6.45) is -1.75. The van der Waals surface area contributed by atoms with Crippen LogP contribution in [0.25, 0.3) is 22.1 Å². The summed E-state index contributed by atoms with van der Waals surface area (Å²) >= 11 is 1.35. The molecule has 4 aromatic heterocycles. The van der Waals surface area contributed by atoms with Crippen molar-refractivity contribution in [3.8, 4) is 17.2 Å². The van der Waals surface area contributed by atoms with Gasteiger partial charge < -0.3 is 24.2 Å². The lowest BCUT2D eigenvalue weighted by atomic mass is 10.1. The quantitative estimate of drug-likeness (QED) is 0.0824. The van der Waals surface area contributed by atoms with Crippen LogP contribution in [0.2, 0.25) is 0 Å². The molecule has 6 rings (SSSR count). The number of pyridine rings is 2. The lowest BCUT2D eigenvalue weighted by Crippen LogP contribution is -2.01. The Hall–Kier alpha value is -4.82. The summed E-state index contributed by atoms with van der Waals surface area (Å²) < 4.78 is 183. The first-order chi connectivity index (χ1) is 31.3. The second-order valence-electron chi connectivity index (χ2n) is 9.02. The Bertz CT molecular complexity index is 2890. The van der Waals surface area contributed by atoms with Crippen molar-refractivity contribution >= 4 is 51.3 Å². The SMILES string of the molecule is [2H]c1nc(C([2H])([2H])Sc2nc3ccc(OC([2H])([2H])[2H])cc3[nH]2)c(C([2H])([2H])[2H])c([N+](=O)[O-])c1C([2H])([2H])[2H].[2H]c1nc(CSc2nc3ccc(OC([2H])([2H])[2H])cc3[nH]2)c(C([2H])([2H])[2H])c(OC)c1C([2H])([2H])[2H]. The molecule has 2 aromatic carbocycles. The molecule has 0 aliphatic carbocycles. The first-order valence-electron chi connectivity index (χ1n) is 23.8. The number of hydrogen-bond donors (Lipinski definition) is 2. The number of ether oxygens (including phenoxy) is 3. The first-order valence-corrected chi connectivity index (χ1v) is 14.6. The Balaban J connectivity index is 0.000000258. The number of methoxy groups -OCH3 is 3. The van der Waals surface area contributed by atoms with E-state index in [1.165, 1.54) is 30.3 Å². The molecular weight excluding hydrogens is 639 g/mol. The maximum atomic E-state index is 11.8. The van der Waals surface area contributed by atoms with Crippen LogP contribution in [0.15, 0.2) is 59.1 Å². The number of hydrogen-bond acceptors (Lipinski definition) is 11. The van der Waals surface area contributed by atoms with Gasteiger partial charge in [-0.15, -0.1) is 0 Å². The number of aromatic amines is 2. The molecule has 0 spiro atoms. The molecule has 0 amide bonds. The van der Waals surface area contributed by atoms with Crippen LogP contribution in [0.1, 0.15) is 63.8 Å². The third kappa shape index (κ3) is 7.60. The Morgan fingerprint density at radius 3 is 2.04 bits per heavy atom. The van der Waals surface area contributed by atoms with Crippen molar-refractivity contribution in [1.82, 2.24) is 29.9 Å². The molecule has 0 saturated heterocycles. The van der Waals surface area contributed by atoms with Crippen molar-refractivity contribution in [2.75, 3.05) is 21.2 Å². The average Bonchev–Trinajstić information content (AvgIpc) is 3.75. The van der Waals surface area contributed by atoms with Gasteiger partial charge in [0.05, 0.1) is 70.5 Å². The predicted molar refractivity (Wildman–Crippen MR) is 185 cm³/mol. The molecular formula is C33H35N7O5S2. The lowest BCUT2D eigenvalue weighted by Gasteiger charge is -2.11. The number of aromatic nitrogens is 6. The summed E-state index contributed by atoms with van der Waals surface area (Å²) in [4.78, 5) is 32.2. The van der Waals surface area contributed by atoms with Crippen LogP contribution >= 0.6 is 23.5 Å². The number of nitrogens with one attached hydrogen (secondary N) is 2. The fourth-order valence-electron chi connectivity index (χ4n) is 3.92. The number of nitrogens with zero attached hydrogens (tertiary/aromatic N) is 5. The van der Waals surface area contributed by atoms with Gasteiger partial charge in [-0.1, -0.05) is 23.5 Å². The van der Waals surface area contributed by atoms with Crippen LogP contribution in [0.3, 0.4) is 0 Å².